The van der Waals surface area contributed by atoms with Crippen LogP contribution < -0.4 is 16.6 Å². The van der Waals surface area contributed by atoms with Crippen LogP contribution in [0, 0.1) is 6.92 Å². The third-order valence-electron chi connectivity index (χ3n) is 2.80. The number of H-pyrrole nitrogens is 2. The van der Waals surface area contributed by atoms with Gasteiger partial charge < -0.3 is 10.3 Å². The second kappa shape index (κ2) is 5.96. The maximum atomic E-state index is 11.8. The summed E-state index contributed by atoms with van der Waals surface area (Å²) in [6.45, 7) is 1.92. The van der Waals surface area contributed by atoms with Crippen molar-refractivity contribution in [3.8, 4) is 0 Å². The van der Waals surface area contributed by atoms with E-state index in [1.807, 2.05) is 6.07 Å². The van der Waals surface area contributed by atoms with Crippen molar-refractivity contribution in [2.45, 2.75) is 19.9 Å². The van der Waals surface area contributed by atoms with E-state index < -0.39 is 11.2 Å². The molecule has 0 unspecified atom stereocenters. The van der Waals surface area contributed by atoms with Crippen molar-refractivity contribution >= 4 is 5.91 Å². The van der Waals surface area contributed by atoms with Crippen LogP contribution in [0.5, 0.6) is 0 Å². The molecule has 0 aliphatic rings. The van der Waals surface area contributed by atoms with Gasteiger partial charge in [-0.3, -0.25) is 19.6 Å². The maximum absolute atomic E-state index is 11.8. The number of hydrogen-bond donors (Lipinski definition) is 3. The second-order valence-electron chi connectivity index (χ2n) is 4.33. The molecule has 7 nitrogen and oxygen atoms in total. The maximum Gasteiger partial charge on any atom is 0.325 e. The van der Waals surface area contributed by atoms with Crippen molar-refractivity contribution in [3.63, 3.8) is 0 Å². The predicted molar refractivity (Wildman–Crippen MR) is 72.2 cm³/mol. The van der Waals surface area contributed by atoms with Crippen molar-refractivity contribution in [3.05, 3.63) is 62.2 Å². The summed E-state index contributed by atoms with van der Waals surface area (Å²) in [6, 6.07) is 3.61. The molecule has 0 fully saturated rings. The minimum Gasteiger partial charge on any atom is -0.352 e. The van der Waals surface area contributed by atoms with Crippen LogP contribution in [-0.2, 0) is 17.8 Å². The van der Waals surface area contributed by atoms with Gasteiger partial charge in [0.1, 0.15) is 0 Å². The SMILES string of the molecule is Cc1[nH]c(=O)[nH]c(=O)c1CC(=O)NCc1cccnc1. The number of carbonyl (C=O) groups excluding carboxylic acids is 1. The molecule has 2 aromatic rings. The molecule has 0 aliphatic carbocycles. The van der Waals surface area contributed by atoms with E-state index in [0.717, 1.165) is 5.56 Å². The molecule has 1 amide bonds. The number of aromatic amines is 2. The van der Waals surface area contributed by atoms with Crippen molar-refractivity contribution in [2.75, 3.05) is 0 Å². The normalized spacial score (nSPS) is 10.2. The van der Waals surface area contributed by atoms with Crippen LogP contribution in [0.1, 0.15) is 16.8 Å². The Morgan fingerprint density at radius 2 is 2.15 bits per heavy atom. The van der Waals surface area contributed by atoms with Crippen LogP contribution in [-0.4, -0.2) is 20.9 Å². The van der Waals surface area contributed by atoms with E-state index in [0.29, 0.717) is 12.2 Å². The van der Waals surface area contributed by atoms with Gasteiger partial charge in [0, 0.05) is 30.2 Å². The minimum absolute atomic E-state index is 0.0851. The highest BCUT2D eigenvalue weighted by Gasteiger charge is 2.10. The van der Waals surface area contributed by atoms with Gasteiger partial charge in [0.25, 0.3) is 5.56 Å². The molecule has 2 aromatic heterocycles. The van der Waals surface area contributed by atoms with E-state index in [1.54, 1.807) is 25.4 Å². The topological polar surface area (TPSA) is 108 Å². The molecular weight excluding hydrogens is 260 g/mol. The summed E-state index contributed by atoms with van der Waals surface area (Å²) in [5.74, 6) is -0.297. The molecule has 0 radical (unpaired) electrons. The van der Waals surface area contributed by atoms with E-state index in [-0.39, 0.29) is 17.9 Å². The zero-order valence-electron chi connectivity index (χ0n) is 10.9. The highest BCUT2D eigenvalue weighted by molar-refractivity contribution is 5.78. The summed E-state index contributed by atoms with van der Waals surface area (Å²) in [5.41, 5.74) is 0.409. The Balaban J connectivity index is 2.02. The summed E-state index contributed by atoms with van der Waals surface area (Å²) in [5, 5.41) is 2.69. The summed E-state index contributed by atoms with van der Waals surface area (Å²) < 4.78 is 0. The van der Waals surface area contributed by atoms with Crippen LogP contribution in [0.2, 0.25) is 0 Å². The standard InChI is InChI=1S/C13H14N4O3/c1-8-10(12(19)17-13(20)16-8)5-11(18)15-7-9-3-2-4-14-6-9/h2-4,6H,5,7H2,1H3,(H,15,18)(H2,16,17,19,20). The first-order chi connectivity index (χ1) is 9.56. The fourth-order valence-corrected chi connectivity index (χ4v) is 1.77. The first-order valence-electron chi connectivity index (χ1n) is 6.04. The molecule has 104 valence electrons. The lowest BCUT2D eigenvalue weighted by molar-refractivity contribution is -0.120. The molecule has 2 rings (SSSR count). The van der Waals surface area contributed by atoms with Crippen LogP contribution in [0.15, 0.2) is 34.1 Å². The first kappa shape index (κ1) is 13.7. The largest absolute Gasteiger partial charge is 0.352 e. The third-order valence-corrected chi connectivity index (χ3v) is 2.80. The smallest absolute Gasteiger partial charge is 0.325 e. The summed E-state index contributed by atoms with van der Waals surface area (Å²) >= 11 is 0. The number of rotatable bonds is 4. The molecule has 7 heteroatoms. The number of amides is 1. The Morgan fingerprint density at radius 1 is 1.35 bits per heavy atom. The number of hydrogen-bond acceptors (Lipinski definition) is 4. The molecule has 0 aliphatic heterocycles. The zero-order chi connectivity index (χ0) is 14.5. The molecular formula is C13H14N4O3. The molecule has 2 heterocycles. The summed E-state index contributed by atoms with van der Waals surface area (Å²) in [6.07, 6.45) is 3.21. The number of carbonyl (C=O) groups is 1. The van der Waals surface area contributed by atoms with Crippen LogP contribution in [0.25, 0.3) is 0 Å². The van der Waals surface area contributed by atoms with Gasteiger partial charge in [-0.15, -0.1) is 0 Å². The van der Waals surface area contributed by atoms with E-state index in [1.165, 1.54) is 0 Å². The van der Waals surface area contributed by atoms with Gasteiger partial charge in [-0.2, -0.15) is 0 Å². The first-order valence-corrected chi connectivity index (χ1v) is 6.04. The van der Waals surface area contributed by atoms with Crippen molar-refractivity contribution < 1.29 is 4.79 Å². The molecule has 0 saturated carbocycles. The lowest BCUT2D eigenvalue weighted by Crippen LogP contribution is -2.32. The van der Waals surface area contributed by atoms with Gasteiger partial charge in [0.05, 0.1) is 6.42 Å². The number of aryl methyl sites for hydroxylation is 1. The summed E-state index contributed by atoms with van der Waals surface area (Å²) in [4.78, 5) is 42.9. The van der Waals surface area contributed by atoms with E-state index in [2.05, 4.69) is 20.3 Å². The Labute approximate surface area is 114 Å². The zero-order valence-corrected chi connectivity index (χ0v) is 10.9. The van der Waals surface area contributed by atoms with Crippen molar-refractivity contribution in [1.29, 1.82) is 0 Å². The molecule has 0 aromatic carbocycles. The fraction of sp³-hybridized carbons (Fsp3) is 0.231. The summed E-state index contributed by atoms with van der Waals surface area (Å²) in [7, 11) is 0. The minimum atomic E-state index is -0.577. The van der Waals surface area contributed by atoms with Gasteiger partial charge in [0.2, 0.25) is 5.91 Å². The Hall–Kier alpha value is -2.70. The molecule has 0 atom stereocenters. The number of aromatic nitrogens is 3. The Morgan fingerprint density at radius 3 is 2.80 bits per heavy atom. The number of nitrogens with zero attached hydrogens (tertiary/aromatic N) is 1. The molecule has 0 spiro atoms. The van der Waals surface area contributed by atoms with E-state index in [4.69, 9.17) is 0 Å². The van der Waals surface area contributed by atoms with Crippen molar-refractivity contribution in [2.24, 2.45) is 0 Å². The van der Waals surface area contributed by atoms with Crippen molar-refractivity contribution in [1.82, 2.24) is 20.3 Å². The number of pyridine rings is 1. The van der Waals surface area contributed by atoms with E-state index >= 15 is 0 Å². The van der Waals surface area contributed by atoms with Crippen LogP contribution >= 0.6 is 0 Å². The molecule has 3 N–H and O–H groups in total. The van der Waals surface area contributed by atoms with Gasteiger partial charge >= 0.3 is 5.69 Å². The van der Waals surface area contributed by atoms with Gasteiger partial charge in [-0.1, -0.05) is 6.07 Å². The molecule has 0 bridgehead atoms. The van der Waals surface area contributed by atoms with Gasteiger partial charge in [-0.05, 0) is 18.6 Å². The lowest BCUT2D eigenvalue weighted by atomic mass is 10.1. The number of nitrogens with one attached hydrogen (secondary N) is 3. The Kier molecular flexibility index (Phi) is 4.09. The van der Waals surface area contributed by atoms with Crippen LogP contribution in [0.3, 0.4) is 0 Å². The van der Waals surface area contributed by atoms with Gasteiger partial charge in [0.15, 0.2) is 0 Å². The molecule has 20 heavy (non-hydrogen) atoms. The predicted octanol–water partition coefficient (Wildman–Crippen LogP) is -0.374. The lowest BCUT2D eigenvalue weighted by Gasteiger charge is -2.06. The average molecular weight is 274 g/mol. The average Bonchev–Trinajstić information content (AvgIpc) is 2.42. The van der Waals surface area contributed by atoms with E-state index in [9.17, 15) is 14.4 Å². The quantitative estimate of drug-likeness (QED) is 0.706. The second-order valence-corrected chi connectivity index (χ2v) is 4.33. The fourth-order valence-electron chi connectivity index (χ4n) is 1.77. The van der Waals surface area contributed by atoms with Crippen LogP contribution in [0.4, 0.5) is 0 Å². The monoisotopic (exact) mass is 274 g/mol. The third kappa shape index (κ3) is 3.41. The molecule has 0 saturated heterocycles. The highest BCUT2D eigenvalue weighted by atomic mass is 16.2. The van der Waals surface area contributed by atoms with Gasteiger partial charge in [-0.25, -0.2) is 4.79 Å². The highest BCUT2D eigenvalue weighted by Crippen LogP contribution is 1.98. The Bertz CT molecular complexity index is 718.